The van der Waals surface area contributed by atoms with Crippen molar-refractivity contribution < 1.29 is 9.21 Å². The quantitative estimate of drug-likeness (QED) is 0.812. The van der Waals surface area contributed by atoms with Gasteiger partial charge in [-0.15, -0.1) is 0 Å². The van der Waals surface area contributed by atoms with Crippen LogP contribution in [0.15, 0.2) is 41.5 Å². The molecule has 0 aliphatic carbocycles. The van der Waals surface area contributed by atoms with E-state index in [9.17, 15) is 4.79 Å². The summed E-state index contributed by atoms with van der Waals surface area (Å²) in [6.07, 6.45) is 7.48. The van der Waals surface area contributed by atoms with Crippen LogP contribution in [0.25, 0.3) is 0 Å². The van der Waals surface area contributed by atoms with E-state index in [1.807, 2.05) is 25.3 Å². The van der Waals surface area contributed by atoms with E-state index in [1.54, 1.807) is 35.4 Å². The Morgan fingerprint density at radius 2 is 2.44 bits per heavy atom. The molecule has 0 saturated heterocycles. The Morgan fingerprint density at radius 1 is 1.61 bits per heavy atom. The van der Waals surface area contributed by atoms with E-state index < -0.39 is 0 Å². The molecule has 96 valence electrons. The highest BCUT2D eigenvalue weighted by molar-refractivity contribution is 5.80. The molecule has 0 fully saturated rings. The van der Waals surface area contributed by atoms with Crippen molar-refractivity contribution in [1.29, 1.82) is 0 Å². The summed E-state index contributed by atoms with van der Waals surface area (Å²) < 4.78 is 6.70. The first-order chi connectivity index (χ1) is 8.72. The van der Waals surface area contributed by atoms with Crippen molar-refractivity contribution >= 4 is 5.91 Å². The van der Waals surface area contributed by atoms with Gasteiger partial charge in [-0.05, 0) is 18.6 Å². The molecule has 2 rings (SSSR count). The lowest BCUT2D eigenvalue weighted by atomic mass is 10.2. The molecule has 0 bridgehead atoms. The summed E-state index contributed by atoms with van der Waals surface area (Å²) in [5.74, 6) is 0.0578. The molecule has 18 heavy (non-hydrogen) atoms. The first-order valence-electron chi connectivity index (χ1n) is 5.97. The largest absolute Gasteiger partial charge is 0.472 e. The van der Waals surface area contributed by atoms with Crippen LogP contribution in [0.4, 0.5) is 0 Å². The maximum Gasteiger partial charge on any atom is 0.247 e. The summed E-state index contributed by atoms with van der Waals surface area (Å²) in [5.41, 5.74) is 0.987. The summed E-state index contributed by atoms with van der Waals surface area (Å²) in [6, 6.07) is 3.45. The molecule has 2 heterocycles. The molecule has 0 aromatic carbocycles. The second-order valence-corrected chi connectivity index (χ2v) is 4.24. The van der Waals surface area contributed by atoms with Crippen LogP contribution in [0, 0.1) is 0 Å². The van der Waals surface area contributed by atoms with Gasteiger partial charge >= 0.3 is 0 Å². The van der Waals surface area contributed by atoms with Gasteiger partial charge in [-0.2, -0.15) is 5.10 Å². The Labute approximate surface area is 106 Å². The van der Waals surface area contributed by atoms with Gasteiger partial charge < -0.3 is 9.32 Å². The smallest absolute Gasteiger partial charge is 0.247 e. The fourth-order valence-electron chi connectivity index (χ4n) is 1.93. The minimum absolute atomic E-state index is 0.0578. The minimum atomic E-state index is -0.239. The Hall–Kier alpha value is -2.04. The third-order valence-corrected chi connectivity index (χ3v) is 2.89. The minimum Gasteiger partial charge on any atom is -0.472 e. The van der Waals surface area contributed by atoms with E-state index in [0.717, 1.165) is 12.0 Å². The molecule has 0 N–H and O–H groups in total. The van der Waals surface area contributed by atoms with Crippen molar-refractivity contribution in [2.45, 2.75) is 25.9 Å². The predicted octanol–water partition coefficient (Wildman–Crippen LogP) is 2.09. The van der Waals surface area contributed by atoms with Crippen molar-refractivity contribution in [3.63, 3.8) is 0 Å². The topological polar surface area (TPSA) is 51.3 Å². The number of carbonyl (C=O) groups excluding carboxylic acids is 1. The monoisotopic (exact) mass is 247 g/mol. The van der Waals surface area contributed by atoms with Crippen LogP contribution in [0.1, 0.15) is 24.9 Å². The van der Waals surface area contributed by atoms with Crippen LogP contribution in [-0.4, -0.2) is 27.6 Å². The van der Waals surface area contributed by atoms with Crippen LogP contribution in [-0.2, 0) is 11.3 Å². The standard InChI is InChI=1S/C13H17N3O2/c1-3-12(16-7-4-6-14-16)13(17)15(2)9-11-5-8-18-10-11/h4-8,10,12H,3,9H2,1-2H3/t12-/m0/s1. The average molecular weight is 247 g/mol. The fourth-order valence-corrected chi connectivity index (χ4v) is 1.93. The SMILES string of the molecule is CC[C@@H](C(=O)N(C)Cc1ccoc1)n1cccn1. The zero-order valence-electron chi connectivity index (χ0n) is 10.6. The van der Waals surface area contributed by atoms with E-state index in [0.29, 0.717) is 6.54 Å². The van der Waals surface area contributed by atoms with Gasteiger partial charge in [-0.25, -0.2) is 0 Å². The van der Waals surface area contributed by atoms with Crippen molar-refractivity contribution in [2.24, 2.45) is 0 Å². The summed E-state index contributed by atoms with van der Waals surface area (Å²) in [6.45, 7) is 2.53. The molecule has 0 spiro atoms. The number of hydrogen-bond acceptors (Lipinski definition) is 3. The molecular formula is C13H17N3O2. The Bertz CT molecular complexity index is 476. The van der Waals surface area contributed by atoms with Gasteiger partial charge in [-0.1, -0.05) is 6.92 Å². The Morgan fingerprint density at radius 3 is 3.00 bits per heavy atom. The predicted molar refractivity (Wildman–Crippen MR) is 66.7 cm³/mol. The van der Waals surface area contributed by atoms with Gasteiger partial charge in [0.25, 0.3) is 0 Å². The first kappa shape index (κ1) is 12.4. The molecular weight excluding hydrogens is 230 g/mol. The van der Waals surface area contributed by atoms with E-state index in [1.165, 1.54) is 0 Å². The van der Waals surface area contributed by atoms with Crippen LogP contribution in [0.2, 0.25) is 0 Å². The number of furan rings is 1. The summed E-state index contributed by atoms with van der Waals surface area (Å²) in [4.78, 5) is 14.0. The van der Waals surface area contributed by atoms with Crippen LogP contribution in [0.3, 0.4) is 0 Å². The molecule has 0 saturated carbocycles. The van der Waals surface area contributed by atoms with Gasteiger partial charge in [0.1, 0.15) is 6.04 Å². The highest BCUT2D eigenvalue weighted by Gasteiger charge is 2.22. The third-order valence-electron chi connectivity index (χ3n) is 2.89. The highest BCUT2D eigenvalue weighted by Crippen LogP contribution is 2.15. The van der Waals surface area contributed by atoms with Crippen LogP contribution >= 0.6 is 0 Å². The van der Waals surface area contributed by atoms with Gasteiger partial charge in [0.05, 0.1) is 12.5 Å². The average Bonchev–Trinajstić information content (AvgIpc) is 3.02. The molecule has 5 nitrogen and oxygen atoms in total. The maximum absolute atomic E-state index is 12.3. The van der Waals surface area contributed by atoms with E-state index >= 15 is 0 Å². The fraction of sp³-hybridized carbons (Fsp3) is 0.385. The number of likely N-dealkylation sites (N-methyl/N-ethyl adjacent to an activating group) is 1. The van der Waals surface area contributed by atoms with Crippen LogP contribution < -0.4 is 0 Å². The van der Waals surface area contributed by atoms with Gasteiger partial charge in [0.2, 0.25) is 5.91 Å². The van der Waals surface area contributed by atoms with Crippen molar-refractivity contribution in [3.8, 4) is 0 Å². The lowest BCUT2D eigenvalue weighted by Gasteiger charge is -2.22. The lowest BCUT2D eigenvalue weighted by Crippen LogP contribution is -2.34. The normalized spacial score (nSPS) is 12.3. The maximum atomic E-state index is 12.3. The zero-order valence-corrected chi connectivity index (χ0v) is 10.6. The van der Waals surface area contributed by atoms with E-state index in [2.05, 4.69) is 5.10 Å². The van der Waals surface area contributed by atoms with Gasteiger partial charge in [0, 0.05) is 31.5 Å². The van der Waals surface area contributed by atoms with Crippen molar-refractivity contribution in [1.82, 2.24) is 14.7 Å². The second-order valence-electron chi connectivity index (χ2n) is 4.24. The summed E-state index contributed by atoms with van der Waals surface area (Å²) >= 11 is 0. The number of nitrogens with zero attached hydrogens (tertiary/aromatic N) is 3. The number of rotatable bonds is 5. The molecule has 1 atom stereocenters. The molecule has 2 aromatic heterocycles. The Balaban J connectivity index is 2.05. The molecule has 2 aromatic rings. The molecule has 5 heteroatoms. The number of amides is 1. The molecule has 0 unspecified atom stereocenters. The summed E-state index contributed by atoms with van der Waals surface area (Å²) in [7, 11) is 1.79. The second kappa shape index (κ2) is 5.53. The van der Waals surface area contributed by atoms with Crippen molar-refractivity contribution in [2.75, 3.05) is 7.05 Å². The first-order valence-corrected chi connectivity index (χ1v) is 5.97. The number of carbonyl (C=O) groups is 1. The summed E-state index contributed by atoms with van der Waals surface area (Å²) in [5, 5.41) is 4.14. The van der Waals surface area contributed by atoms with E-state index in [-0.39, 0.29) is 11.9 Å². The molecule has 0 radical (unpaired) electrons. The van der Waals surface area contributed by atoms with E-state index in [4.69, 9.17) is 4.42 Å². The highest BCUT2D eigenvalue weighted by atomic mass is 16.3. The van der Waals surface area contributed by atoms with Gasteiger partial charge in [-0.3, -0.25) is 9.48 Å². The molecule has 0 aliphatic heterocycles. The van der Waals surface area contributed by atoms with Crippen LogP contribution in [0.5, 0.6) is 0 Å². The van der Waals surface area contributed by atoms with Gasteiger partial charge in [0.15, 0.2) is 0 Å². The van der Waals surface area contributed by atoms with Crippen molar-refractivity contribution in [3.05, 3.63) is 42.6 Å². The lowest BCUT2D eigenvalue weighted by molar-refractivity contribution is -0.134. The third kappa shape index (κ3) is 2.61. The molecule has 1 amide bonds. The number of aromatic nitrogens is 2. The zero-order chi connectivity index (χ0) is 13.0. The number of hydrogen-bond donors (Lipinski definition) is 0. The molecule has 0 aliphatic rings. The Kier molecular flexibility index (Phi) is 3.82.